The van der Waals surface area contributed by atoms with Gasteiger partial charge in [0.1, 0.15) is 18.4 Å². The molecule has 0 bridgehead atoms. The molecule has 1 atom stereocenters. The summed E-state index contributed by atoms with van der Waals surface area (Å²) in [6, 6.07) is 2.18. The Morgan fingerprint density at radius 1 is 1.26 bits per heavy atom. The van der Waals surface area contributed by atoms with Crippen LogP contribution >= 0.6 is 0 Å². The third-order valence-corrected chi connectivity index (χ3v) is 5.08. The number of nitrogens with zero attached hydrogens (tertiary/aromatic N) is 6. The van der Waals surface area contributed by atoms with Crippen LogP contribution in [0.4, 0.5) is 25.0 Å². The number of hydrogen-bond donors (Lipinski definition) is 2. The number of nitrogens with one attached hydrogen (secondary N) is 1. The Morgan fingerprint density at radius 2 is 2.03 bits per heavy atom. The van der Waals surface area contributed by atoms with Gasteiger partial charge in [-0.25, -0.2) is 23.7 Å². The molecule has 3 heterocycles. The molecular weight excluding hydrogens is 416 g/mol. The number of carbonyl (C=O) groups excluding carboxylic acids is 2. The van der Waals surface area contributed by atoms with Crippen molar-refractivity contribution in [3.8, 4) is 0 Å². The number of ether oxygens (including phenoxy) is 1. The molecule has 2 aromatic rings. The normalized spacial score (nSPS) is 19.5. The van der Waals surface area contributed by atoms with Gasteiger partial charge in [0.2, 0.25) is 0 Å². The molecule has 2 N–H and O–H groups in total. The maximum Gasteiger partial charge on any atom is 0.414 e. The largest absolute Gasteiger partial charge is 0.442 e. The number of aliphatic hydroxyl groups excluding tert-OH is 1. The van der Waals surface area contributed by atoms with Crippen LogP contribution in [-0.2, 0) is 16.1 Å². The Bertz CT molecular complexity index is 935. The first kappa shape index (κ1) is 20.9. The van der Waals surface area contributed by atoms with Crippen LogP contribution < -0.4 is 15.2 Å². The van der Waals surface area contributed by atoms with Crippen LogP contribution in [0.15, 0.2) is 24.5 Å². The van der Waals surface area contributed by atoms with Crippen molar-refractivity contribution in [1.29, 1.82) is 0 Å². The second-order valence-corrected chi connectivity index (χ2v) is 7.10. The van der Waals surface area contributed by atoms with Gasteiger partial charge < -0.3 is 14.7 Å². The number of halogens is 2. The van der Waals surface area contributed by atoms with Crippen LogP contribution in [0.2, 0.25) is 0 Å². The van der Waals surface area contributed by atoms with Gasteiger partial charge >= 0.3 is 6.09 Å². The van der Waals surface area contributed by atoms with Gasteiger partial charge in [-0.1, -0.05) is 5.21 Å². The fourth-order valence-electron chi connectivity index (χ4n) is 3.63. The van der Waals surface area contributed by atoms with Crippen LogP contribution in [0.5, 0.6) is 0 Å². The van der Waals surface area contributed by atoms with Gasteiger partial charge in [0.15, 0.2) is 11.6 Å². The highest BCUT2D eigenvalue weighted by atomic mass is 19.1. The SMILES string of the molecule is O=C(CO)N1CCN(c2c(F)cc(N3C[C@H](Cn4ccnn4)OC3=O)cc2F)CCN1. The first-order valence-corrected chi connectivity index (χ1v) is 9.67. The topological polar surface area (TPSA) is 116 Å². The number of amides is 2. The number of anilines is 2. The predicted molar refractivity (Wildman–Crippen MR) is 103 cm³/mol. The van der Waals surface area contributed by atoms with Gasteiger partial charge in [0.25, 0.3) is 5.91 Å². The van der Waals surface area contributed by atoms with E-state index in [9.17, 15) is 18.4 Å². The fourth-order valence-corrected chi connectivity index (χ4v) is 3.63. The van der Waals surface area contributed by atoms with Gasteiger partial charge in [-0.3, -0.25) is 14.7 Å². The smallest absolute Gasteiger partial charge is 0.414 e. The van der Waals surface area contributed by atoms with E-state index in [2.05, 4.69) is 15.7 Å². The van der Waals surface area contributed by atoms with Crippen molar-refractivity contribution < 1.29 is 28.2 Å². The molecule has 4 rings (SSSR count). The summed E-state index contributed by atoms with van der Waals surface area (Å²) in [5.74, 6) is -2.18. The molecule has 0 saturated carbocycles. The summed E-state index contributed by atoms with van der Waals surface area (Å²) < 4.78 is 36.6. The molecular formula is C18H21F2N7O4. The van der Waals surface area contributed by atoms with Gasteiger partial charge in [0, 0.05) is 38.0 Å². The third kappa shape index (κ3) is 4.41. The molecule has 2 fully saturated rings. The van der Waals surface area contributed by atoms with E-state index in [0.29, 0.717) is 0 Å². The lowest BCUT2D eigenvalue weighted by molar-refractivity contribution is -0.136. The van der Waals surface area contributed by atoms with Crippen LogP contribution in [-0.4, -0.2) is 82.5 Å². The van der Waals surface area contributed by atoms with Gasteiger partial charge in [-0.05, 0) is 0 Å². The standard InChI is InChI=1S/C18H21F2N7O4/c19-14-7-12(26-10-13(31-18(26)30)9-25-4-1-21-23-25)8-15(20)17(14)24-3-2-22-27(6-5-24)16(29)11-28/h1,4,7-8,13,22,28H,2-3,5-6,9-11H2/t13-/m0/s1. The number of hydrogen-bond acceptors (Lipinski definition) is 8. The lowest BCUT2D eigenvalue weighted by Crippen LogP contribution is -2.45. The maximum absolute atomic E-state index is 14.9. The average Bonchev–Trinajstić information content (AvgIpc) is 3.31. The van der Waals surface area contributed by atoms with E-state index in [0.717, 1.165) is 12.1 Å². The van der Waals surface area contributed by atoms with E-state index in [1.165, 1.54) is 25.7 Å². The van der Waals surface area contributed by atoms with Crippen molar-refractivity contribution in [1.82, 2.24) is 25.4 Å². The number of cyclic esters (lactones) is 1. The first-order chi connectivity index (χ1) is 15.0. The fraction of sp³-hybridized carbons (Fsp3) is 0.444. The number of benzene rings is 1. The molecule has 0 spiro atoms. The van der Waals surface area contributed by atoms with E-state index >= 15 is 0 Å². The number of aliphatic hydroxyl groups is 1. The van der Waals surface area contributed by atoms with Gasteiger partial charge in [0.05, 0.1) is 31.5 Å². The second-order valence-electron chi connectivity index (χ2n) is 7.10. The van der Waals surface area contributed by atoms with Crippen molar-refractivity contribution in [3.63, 3.8) is 0 Å². The quantitative estimate of drug-likeness (QED) is 0.657. The van der Waals surface area contributed by atoms with Crippen molar-refractivity contribution in [2.24, 2.45) is 0 Å². The summed E-state index contributed by atoms with van der Waals surface area (Å²) in [6.07, 6.45) is 1.88. The van der Waals surface area contributed by atoms with E-state index < -0.39 is 36.3 Å². The predicted octanol–water partition coefficient (Wildman–Crippen LogP) is -0.273. The van der Waals surface area contributed by atoms with Crippen LogP contribution in [0.25, 0.3) is 0 Å². The Labute approximate surface area is 175 Å². The lowest BCUT2D eigenvalue weighted by Gasteiger charge is -2.25. The highest BCUT2D eigenvalue weighted by Crippen LogP contribution is 2.31. The van der Waals surface area contributed by atoms with E-state index in [1.54, 1.807) is 6.20 Å². The molecule has 31 heavy (non-hydrogen) atoms. The summed E-state index contributed by atoms with van der Waals surface area (Å²) >= 11 is 0. The van der Waals surface area contributed by atoms with E-state index in [1.807, 2.05) is 0 Å². The minimum atomic E-state index is -0.829. The summed E-state index contributed by atoms with van der Waals surface area (Å²) in [5, 5.41) is 17.7. The Kier molecular flexibility index (Phi) is 5.95. The van der Waals surface area contributed by atoms with Gasteiger partial charge in [-0.15, -0.1) is 5.10 Å². The highest BCUT2D eigenvalue weighted by Gasteiger charge is 2.34. The monoisotopic (exact) mass is 437 g/mol. The Morgan fingerprint density at radius 3 is 2.71 bits per heavy atom. The molecule has 2 saturated heterocycles. The third-order valence-electron chi connectivity index (χ3n) is 5.08. The molecule has 1 aromatic carbocycles. The number of aromatic nitrogens is 3. The van der Waals surface area contributed by atoms with Crippen LogP contribution in [0.1, 0.15) is 0 Å². The minimum absolute atomic E-state index is 0.0508. The molecule has 166 valence electrons. The van der Waals surface area contributed by atoms with Crippen LogP contribution in [0.3, 0.4) is 0 Å². The highest BCUT2D eigenvalue weighted by molar-refractivity contribution is 5.90. The summed E-state index contributed by atoms with van der Waals surface area (Å²) in [6.45, 7) is 0.537. The molecule has 11 nitrogen and oxygen atoms in total. The van der Waals surface area contributed by atoms with E-state index in [-0.39, 0.29) is 50.6 Å². The maximum atomic E-state index is 14.9. The van der Waals surface area contributed by atoms with Crippen molar-refractivity contribution >= 4 is 23.4 Å². The average molecular weight is 437 g/mol. The van der Waals surface area contributed by atoms with Crippen molar-refractivity contribution in [2.75, 3.05) is 49.1 Å². The molecule has 2 amide bonds. The van der Waals surface area contributed by atoms with Crippen molar-refractivity contribution in [3.05, 3.63) is 36.2 Å². The second kappa shape index (κ2) is 8.81. The zero-order valence-corrected chi connectivity index (χ0v) is 16.4. The number of carbonyl (C=O) groups is 2. The molecule has 0 radical (unpaired) electrons. The molecule has 1 aromatic heterocycles. The summed E-state index contributed by atoms with van der Waals surface area (Å²) in [5.41, 5.74) is 2.62. The zero-order valence-electron chi connectivity index (χ0n) is 16.4. The Balaban J connectivity index is 1.48. The molecule has 13 heteroatoms. The molecule has 2 aliphatic rings. The number of hydrazine groups is 1. The first-order valence-electron chi connectivity index (χ1n) is 9.67. The van der Waals surface area contributed by atoms with Gasteiger partial charge in [-0.2, -0.15) is 0 Å². The lowest BCUT2D eigenvalue weighted by atomic mass is 10.2. The molecule has 0 aliphatic carbocycles. The summed E-state index contributed by atoms with van der Waals surface area (Å²) in [7, 11) is 0. The van der Waals surface area contributed by atoms with E-state index in [4.69, 9.17) is 9.84 Å². The van der Waals surface area contributed by atoms with Crippen LogP contribution in [0, 0.1) is 11.6 Å². The zero-order chi connectivity index (χ0) is 22.0. The summed E-state index contributed by atoms with van der Waals surface area (Å²) in [4.78, 5) is 26.5. The van der Waals surface area contributed by atoms with Crippen molar-refractivity contribution in [2.45, 2.75) is 12.6 Å². The minimum Gasteiger partial charge on any atom is -0.442 e. The molecule has 0 unspecified atom stereocenters. The number of rotatable bonds is 5. The Hall–Kier alpha value is -3.32. The molecule has 2 aliphatic heterocycles.